The van der Waals surface area contributed by atoms with Gasteiger partial charge >= 0.3 is 0 Å². The molecule has 0 aliphatic heterocycles. The topological polar surface area (TPSA) is 92.9 Å². The maximum atomic E-state index is 12.4. The molecule has 2 N–H and O–H groups in total. The fourth-order valence-electron chi connectivity index (χ4n) is 2.31. The highest BCUT2D eigenvalue weighted by molar-refractivity contribution is 6.09. The minimum Gasteiger partial charge on any atom is -0.497 e. The van der Waals surface area contributed by atoms with Crippen molar-refractivity contribution < 1.29 is 18.7 Å². The van der Waals surface area contributed by atoms with Gasteiger partial charge in [-0.15, -0.1) is 0 Å². The molecule has 0 bridgehead atoms. The van der Waals surface area contributed by atoms with Crippen molar-refractivity contribution in [3.05, 3.63) is 83.8 Å². The number of carbonyl (C=O) groups excluding carboxylic acids is 2. The highest BCUT2D eigenvalue weighted by atomic mass is 16.5. The number of hydrogen-bond acceptors (Lipinski definition) is 5. The van der Waals surface area contributed by atoms with Gasteiger partial charge < -0.3 is 14.5 Å². The van der Waals surface area contributed by atoms with Gasteiger partial charge in [0.2, 0.25) is 0 Å². The van der Waals surface area contributed by atoms with Crippen LogP contribution >= 0.6 is 0 Å². The lowest BCUT2D eigenvalue weighted by Gasteiger charge is -2.10. The molecule has 2 aromatic carbocycles. The van der Waals surface area contributed by atoms with Gasteiger partial charge in [0, 0.05) is 5.56 Å². The fraction of sp³-hybridized carbons (Fsp3) is 0.0500. The lowest BCUT2D eigenvalue weighted by atomic mass is 10.1. The Morgan fingerprint density at radius 2 is 1.78 bits per heavy atom. The zero-order chi connectivity index (χ0) is 19.1. The largest absolute Gasteiger partial charge is 0.497 e. The number of rotatable bonds is 6. The second kappa shape index (κ2) is 8.48. The number of methoxy groups -OCH3 is 1. The SMILES string of the molecule is COc1ccc(C(=O)Nc2ccccc2C(=O)N/N=C\c2ccco2)cc1. The first-order valence-corrected chi connectivity index (χ1v) is 8.08. The van der Waals surface area contributed by atoms with E-state index in [0.717, 1.165) is 0 Å². The summed E-state index contributed by atoms with van der Waals surface area (Å²) in [4.78, 5) is 24.8. The van der Waals surface area contributed by atoms with Crippen LogP contribution in [0.3, 0.4) is 0 Å². The van der Waals surface area contributed by atoms with E-state index in [2.05, 4.69) is 15.8 Å². The molecule has 0 fully saturated rings. The van der Waals surface area contributed by atoms with E-state index in [1.807, 2.05) is 0 Å². The molecule has 7 nitrogen and oxygen atoms in total. The van der Waals surface area contributed by atoms with Crippen molar-refractivity contribution in [2.75, 3.05) is 12.4 Å². The molecule has 0 saturated carbocycles. The summed E-state index contributed by atoms with van der Waals surface area (Å²) in [5, 5.41) is 6.58. The van der Waals surface area contributed by atoms with Crippen LogP contribution in [0, 0.1) is 0 Å². The number of carbonyl (C=O) groups is 2. The molecule has 1 aromatic heterocycles. The lowest BCUT2D eigenvalue weighted by Crippen LogP contribution is -2.21. The van der Waals surface area contributed by atoms with Crippen LogP contribution in [0.4, 0.5) is 5.69 Å². The zero-order valence-corrected chi connectivity index (χ0v) is 14.5. The number of nitrogens with one attached hydrogen (secondary N) is 2. The molecule has 0 aliphatic rings. The number of amides is 2. The normalized spacial score (nSPS) is 10.6. The molecule has 3 rings (SSSR count). The van der Waals surface area contributed by atoms with E-state index < -0.39 is 5.91 Å². The molecule has 0 spiro atoms. The monoisotopic (exact) mass is 363 g/mol. The van der Waals surface area contributed by atoms with Crippen molar-refractivity contribution in [1.29, 1.82) is 0 Å². The highest BCUT2D eigenvalue weighted by Gasteiger charge is 2.13. The van der Waals surface area contributed by atoms with Gasteiger partial charge in [-0.05, 0) is 48.5 Å². The third-order valence-corrected chi connectivity index (χ3v) is 3.67. The summed E-state index contributed by atoms with van der Waals surface area (Å²) in [6, 6.07) is 16.8. The van der Waals surface area contributed by atoms with Crippen LogP contribution in [0.2, 0.25) is 0 Å². The van der Waals surface area contributed by atoms with Crippen LogP contribution in [-0.2, 0) is 0 Å². The molecular weight excluding hydrogens is 346 g/mol. The Labute approximate surface area is 155 Å². The Hall–Kier alpha value is -3.87. The molecule has 3 aromatic rings. The van der Waals surface area contributed by atoms with Crippen molar-refractivity contribution in [2.24, 2.45) is 5.10 Å². The number of para-hydroxylation sites is 1. The van der Waals surface area contributed by atoms with Crippen LogP contribution in [0.1, 0.15) is 26.5 Å². The van der Waals surface area contributed by atoms with Gasteiger partial charge in [-0.3, -0.25) is 9.59 Å². The predicted molar refractivity (Wildman–Crippen MR) is 101 cm³/mol. The predicted octanol–water partition coefficient (Wildman–Crippen LogP) is 3.30. The molecule has 27 heavy (non-hydrogen) atoms. The van der Waals surface area contributed by atoms with Crippen molar-refractivity contribution in [2.45, 2.75) is 0 Å². The minimum absolute atomic E-state index is 0.288. The average Bonchev–Trinajstić information content (AvgIpc) is 3.22. The van der Waals surface area contributed by atoms with E-state index in [-0.39, 0.29) is 11.5 Å². The average molecular weight is 363 g/mol. The quantitative estimate of drug-likeness (QED) is 0.519. The van der Waals surface area contributed by atoms with Crippen molar-refractivity contribution in [1.82, 2.24) is 5.43 Å². The van der Waals surface area contributed by atoms with E-state index >= 15 is 0 Å². The standard InChI is InChI=1S/C20H17N3O4/c1-26-15-10-8-14(9-11-15)19(24)22-18-7-3-2-6-17(18)20(25)23-21-13-16-5-4-12-27-16/h2-13H,1H3,(H,22,24)(H,23,25)/b21-13-. The van der Waals surface area contributed by atoms with E-state index in [1.165, 1.54) is 12.5 Å². The van der Waals surface area contributed by atoms with E-state index in [1.54, 1.807) is 67.8 Å². The Kier molecular flexibility index (Phi) is 5.64. The molecule has 0 radical (unpaired) electrons. The number of ether oxygens (including phenoxy) is 1. The molecule has 0 aliphatic carbocycles. The number of hydrogen-bond donors (Lipinski definition) is 2. The third-order valence-electron chi connectivity index (χ3n) is 3.67. The van der Waals surface area contributed by atoms with Crippen LogP contribution in [-0.4, -0.2) is 25.1 Å². The van der Waals surface area contributed by atoms with Crippen molar-refractivity contribution >= 4 is 23.7 Å². The molecule has 2 amide bonds. The van der Waals surface area contributed by atoms with Gasteiger partial charge in [-0.25, -0.2) is 5.43 Å². The summed E-state index contributed by atoms with van der Waals surface area (Å²) in [6.07, 6.45) is 2.89. The van der Waals surface area contributed by atoms with Gasteiger partial charge in [0.05, 0.1) is 30.8 Å². The van der Waals surface area contributed by atoms with Crippen molar-refractivity contribution in [3.63, 3.8) is 0 Å². The zero-order valence-electron chi connectivity index (χ0n) is 14.5. The first-order valence-electron chi connectivity index (χ1n) is 8.08. The minimum atomic E-state index is -0.455. The Morgan fingerprint density at radius 3 is 2.48 bits per heavy atom. The van der Waals surface area contributed by atoms with Crippen LogP contribution in [0.15, 0.2) is 76.4 Å². The second-order valence-electron chi connectivity index (χ2n) is 5.44. The summed E-state index contributed by atoms with van der Waals surface area (Å²) in [6.45, 7) is 0. The Morgan fingerprint density at radius 1 is 1.00 bits per heavy atom. The lowest BCUT2D eigenvalue weighted by molar-refractivity contribution is 0.0956. The summed E-state index contributed by atoms with van der Waals surface area (Å²) < 4.78 is 10.2. The summed E-state index contributed by atoms with van der Waals surface area (Å²) >= 11 is 0. The number of benzene rings is 2. The smallest absolute Gasteiger partial charge is 0.273 e. The molecular formula is C20H17N3O4. The molecule has 7 heteroatoms. The number of hydrazone groups is 1. The van der Waals surface area contributed by atoms with Gasteiger partial charge in [-0.1, -0.05) is 12.1 Å². The summed E-state index contributed by atoms with van der Waals surface area (Å²) in [7, 11) is 1.55. The van der Waals surface area contributed by atoms with Gasteiger partial charge in [0.15, 0.2) is 0 Å². The van der Waals surface area contributed by atoms with Gasteiger partial charge in [0.1, 0.15) is 11.5 Å². The molecule has 0 saturated heterocycles. The van der Waals surface area contributed by atoms with Gasteiger partial charge in [0.25, 0.3) is 11.8 Å². The highest BCUT2D eigenvalue weighted by Crippen LogP contribution is 2.17. The Balaban J connectivity index is 1.70. The van der Waals surface area contributed by atoms with Gasteiger partial charge in [-0.2, -0.15) is 5.10 Å². The van der Waals surface area contributed by atoms with Crippen LogP contribution in [0.25, 0.3) is 0 Å². The Bertz CT molecular complexity index is 948. The van der Waals surface area contributed by atoms with E-state index in [0.29, 0.717) is 22.8 Å². The molecule has 136 valence electrons. The van der Waals surface area contributed by atoms with E-state index in [9.17, 15) is 9.59 Å². The maximum Gasteiger partial charge on any atom is 0.273 e. The van der Waals surface area contributed by atoms with Crippen LogP contribution < -0.4 is 15.5 Å². The number of furan rings is 1. The van der Waals surface area contributed by atoms with E-state index in [4.69, 9.17) is 9.15 Å². The first-order chi connectivity index (χ1) is 13.2. The maximum absolute atomic E-state index is 12.4. The second-order valence-corrected chi connectivity index (χ2v) is 5.44. The molecule has 0 unspecified atom stereocenters. The van der Waals surface area contributed by atoms with Crippen LogP contribution in [0.5, 0.6) is 5.75 Å². The summed E-state index contributed by atoms with van der Waals surface area (Å²) in [5.74, 6) is 0.373. The molecule has 0 atom stereocenters. The number of anilines is 1. The third kappa shape index (κ3) is 4.60. The summed E-state index contributed by atoms with van der Waals surface area (Å²) in [5.41, 5.74) is 3.52. The molecule has 1 heterocycles. The first kappa shape index (κ1) is 17.9. The number of nitrogens with zero attached hydrogens (tertiary/aromatic N) is 1. The fourth-order valence-corrected chi connectivity index (χ4v) is 2.31. The van der Waals surface area contributed by atoms with Crippen molar-refractivity contribution in [3.8, 4) is 5.75 Å².